The van der Waals surface area contributed by atoms with Crippen LogP contribution >= 0.6 is 0 Å². The summed E-state index contributed by atoms with van der Waals surface area (Å²) < 4.78 is 11.0. The van der Waals surface area contributed by atoms with Crippen LogP contribution in [0.4, 0.5) is 0 Å². The fraction of sp³-hybridized carbons (Fsp3) is 0.286. The zero-order valence-electron chi connectivity index (χ0n) is 23.2. The Morgan fingerprint density at radius 1 is 0.690 bits per heavy atom. The number of ketones is 2. The van der Waals surface area contributed by atoms with Crippen LogP contribution < -0.4 is 9.47 Å². The number of Topliss-reactive ketones (excluding diaryl/α,β-unsaturated/α-hetero) is 2. The number of pyridine rings is 1. The van der Waals surface area contributed by atoms with Crippen LogP contribution in [-0.4, -0.2) is 40.0 Å². The second-order valence-electron chi connectivity index (χ2n) is 11.2. The summed E-state index contributed by atoms with van der Waals surface area (Å²) in [6.45, 7) is 1.04. The van der Waals surface area contributed by atoms with E-state index in [1.54, 1.807) is 24.4 Å². The van der Waals surface area contributed by atoms with Crippen LogP contribution in [0.1, 0.15) is 57.7 Å². The molecule has 0 bridgehead atoms. The van der Waals surface area contributed by atoms with Gasteiger partial charge in [-0.2, -0.15) is 0 Å². The summed E-state index contributed by atoms with van der Waals surface area (Å²) in [5.41, 5.74) is 1.10. The van der Waals surface area contributed by atoms with Crippen LogP contribution in [0.2, 0.25) is 0 Å². The maximum Gasteiger partial charge on any atom is 0.163 e. The van der Waals surface area contributed by atoms with Gasteiger partial charge < -0.3 is 19.7 Å². The van der Waals surface area contributed by atoms with Crippen molar-refractivity contribution >= 4 is 11.6 Å². The van der Waals surface area contributed by atoms with E-state index < -0.39 is 11.2 Å². The first-order chi connectivity index (χ1) is 20.4. The Morgan fingerprint density at radius 2 is 1.29 bits per heavy atom. The van der Waals surface area contributed by atoms with E-state index in [0.29, 0.717) is 67.2 Å². The van der Waals surface area contributed by atoms with E-state index in [1.807, 2.05) is 78.9 Å². The van der Waals surface area contributed by atoms with Crippen LogP contribution in [-0.2, 0) is 11.2 Å². The van der Waals surface area contributed by atoms with Gasteiger partial charge in [0, 0.05) is 42.0 Å². The SMILES string of the molecule is O=C(CC1CC1(O)c1ccccc1)c1ccc2c(c1)OCCO2.O=C(CC1CC1(O)c1ccccn1)c1ccccc1. The first-order valence-corrected chi connectivity index (χ1v) is 14.3. The monoisotopic (exact) mass is 563 g/mol. The maximum atomic E-state index is 12.5. The van der Waals surface area contributed by atoms with Crippen LogP contribution in [0.5, 0.6) is 11.5 Å². The number of carbonyl (C=O) groups excluding carboxylic acids is 2. The lowest BCUT2D eigenvalue weighted by Gasteiger charge is -2.18. The Balaban J connectivity index is 0.000000153. The topological polar surface area (TPSA) is 106 Å². The van der Waals surface area contributed by atoms with Crippen molar-refractivity contribution in [3.05, 3.63) is 126 Å². The minimum atomic E-state index is -0.911. The average Bonchev–Trinajstić information content (AvgIpc) is 3.92. The van der Waals surface area contributed by atoms with Gasteiger partial charge >= 0.3 is 0 Å². The third-order valence-electron chi connectivity index (χ3n) is 8.35. The van der Waals surface area contributed by atoms with Gasteiger partial charge in [0.25, 0.3) is 0 Å². The number of aromatic nitrogens is 1. The Morgan fingerprint density at radius 3 is 1.98 bits per heavy atom. The number of nitrogens with zero attached hydrogens (tertiary/aromatic N) is 1. The van der Waals surface area contributed by atoms with E-state index in [-0.39, 0.29) is 23.4 Å². The highest BCUT2D eigenvalue weighted by Crippen LogP contribution is 2.54. The molecule has 1 aliphatic heterocycles. The van der Waals surface area contributed by atoms with Gasteiger partial charge in [-0.05, 0) is 48.7 Å². The molecule has 4 atom stereocenters. The summed E-state index contributed by atoms with van der Waals surface area (Å²) >= 11 is 0. The van der Waals surface area contributed by atoms with Gasteiger partial charge in [0.2, 0.25) is 0 Å². The van der Waals surface area contributed by atoms with E-state index in [4.69, 9.17) is 9.47 Å². The maximum absolute atomic E-state index is 12.5. The summed E-state index contributed by atoms with van der Waals surface area (Å²) in [5, 5.41) is 21.1. The van der Waals surface area contributed by atoms with Crippen molar-refractivity contribution in [1.82, 2.24) is 4.98 Å². The average molecular weight is 564 g/mol. The molecule has 2 aliphatic carbocycles. The van der Waals surface area contributed by atoms with Crippen LogP contribution in [0.3, 0.4) is 0 Å². The van der Waals surface area contributed by atoms with E-state index in [0.717, 1.165) is 5.56 Å². The Bertz CT molecular complexity index is 1560. The molecule has 0 radical (unpaired) electrons. The van der Waals surface area contributed by atoms with E-state index >= 15 is 0 Å². The molecular formula is C35H33NO6. The van der Waals surface area contributed by atoms with E-state index in [1.165, 1.54) is 0 Å². The first kappa shape index (κ1) is 27.8. The Labute approximate surface area is 244 Å². The molecule has 2 N–H and O–H groups in total. The third kappa shape index (κ3) is 5.84. The van der Waals surface area contributed by atoms with Crippen molar-refractivity contribution in [2.24, 2.45) is 11.8 Å². The Hall–Kier alpha value is -4.33. The van der Waals surface area contributed by atoms with Crippen molar-refractivity contribution in [2.75, 3.05) is 13.2 Å². The molecule has 3 aliphatic rings. The number of aliphatic hydroxyl groups is 2. The highest BCUT2D eigenvalue weighted by molar-refractivity contribution is 5.97. The quantitative estimate of drug-likeness (QED) is 0.273. The second-order valence-corrected chi connectivity index (χ2v) is 11.2. The zero-order valence-corrected chi connectivity index (χ0v) is 23.2. The van der Waals surface area contributed by atoms with Gasteiger partial charge in [-0.25, -0.2) is 0 Å². The summed E-state index contributed by atoms with van der Waals surface area (Å²) in [6.07, 6.45) is 3.62. The summed E-state index contributed by atoms with van der Waals surface area (Å²) in [6, 6.07) is 29.5. The molecule has 1 aromatic heterocycles. The van der Waals surface area contributed by atoms with Crippen molar-refractivity contribution in [3.63, 3.8) is 0 Å². The first-order valence-electron chi connectivity index (χ1n) is 14.3. The zero-order chi connectivity index (χ0) is 29.2. The fourth-order valence-corrected chi connectivity index (χ4v) is 5.65. The Kier molecular flexibility index (Phi) is 7.62. The number of benzene rings is 3. The molecule has 2 heterocycles. The lowest BCUT2D eigenvalue weighted by molar-refractivity contribution is 0.0913. The largest absolute Gasteiger partial charge is 0.486 e. The number of hydrogen-bond acceptors (Lipinski definition) is 7. The summed E-state index contributed by atoms with van der Waals surface area (Å²) in [5.74, 6) is 1.37. The smallest absolute Gasteiger partial charge is 0.163 e. The summed E-state index contributed by atoms with van der Waals surface area (Å²) in [7, 11) is 0. The number of carbonyl (C=O) groups is 2. The third-order valence-corrected chi connectivity index (χ3v) is 8.35. The van der Waals surface area contributed by atoms with Crippen LogP contribution in [0, 0.1) is 11.8 Å². The molecule has 42 heavy (non-hydrogen) atoms. The van der Waals surface area contributed by atoms with E-state index in [2.05, 4.69) is 4.98 Å². The molecule has 2 saturated carbocycles. The van der Waals surface area contributed by atoms with Crippen molar-refractivity contribution in [1.29, 1.82) is 0 Å². The van der Waals surface area contributed by atoms with Crippen molar-refractivity contribution < 1.29 is 29.3 Å². The lowest BCUT2D eigenvalue weighted by Crippen LogP contribution is -2.16. The normalized spacial score (nSPS) is 25.0. The van der Waals surface area contributed by atoms with Crippen molar-refractivity contribution in [2.45, 2.75) is 36.9 Å². The van der Waals surface area contributed by atoms with Gasteiger partial charge in [0.1, 0.15) is 18.8 Å². The number of hydrogen-bond donors (Lipinski definition) is 2. The molecule has 7 heteroatoms. The molecule has 7 rings (SSSR count). The molecule has 2 fully saturated rings. The molecular weight excluding hydrogens is 530 g/mol. The van der Waals surface area contributed by atoms with Crippen molar-refractivity contribution in [3.8, 4) is 11.5 Å². The minimum absolute atomic E-state index is 0.0184. The minimum Gasteiger partial charge on any atom is -0.486 e. The summed E-state index contributed by atoms with van der Waals surface area (Å²) in [4.78, 5) is 28.8. The van der Waals surface area contributed by atoms with Gasteiger partial charge in [-0.1, -0.05) is 66.7 Å². The molecule has 4 unspecified atom stereocenters. The van der Waals surface area contributed by atoms with Crippen LogP contribution in [0.15, 0.2) is 103 Å². The molecule has 3 aromatic carbocycles. The highest BCUT2D eigenvalue weighted by atomic mass is 16.6. The molecule has 0 spiro atoms. The molecule has 7 nitrogen and oxygen atoms in total. The number of fused-ring (bicyclic) bond motifs is 1. The molecule has 214 valence electrons. The fourth-order valence-electron chi connectivity index (χ4n) is 5.65. The standard InChI is InChI=1S/C19H18O4.C16H15NO2/c20-16(13-6-7-17-18(10-13)23-9-8-22-17)11-15-12-19(15,21)14-4-2-1-3-5-14;18-14(12-6-2-1-3-7-12)10-13-11-16(13,19)15-8-4-5-9-17-15/h1-7,10,15,21H,8-9,11-12H2;1-9,13,19H,10-11H2. The predicted octanol–water partition coefficient (Wildman–Crippen LogP) is 5.50. The second kappa shape index (κ2) is 11.5. The molecule has 0 amide bonds. The van der Waals surface area contributed by atoms with Gasteiger partial charge in [0.05, 0.1) is 11.3 Å². The number of rotatable bonds is 8. The van der Waals surface area contributed by atoms with Crippen LogP contribution in [0.25, 0.3) is 0 Å². The van der Waals surface area contributed by atoms with Gasteiger partial charge in [-0.15, -0.1) is 0 Å². The van der Waals surface area contributed by atoms with E-state index in [9.17, 15) is 19.8 Å². The van der Waals surface area contributed by atoms with Gasteiger partial charge in [-0.3, -0.25) is 14.6 Å². The lowest BCUT2D eigenvalue weighted by atomic mass is 10.00. The molecule has 4 aromatic rings. The number of ether oxygens (including phenoxy) is 2. The highest BCUT2D eigenvalue weighted by Gasteiger charge is 2.56. The molecule has 0 saturated heterocycles. The predicted molar refractivity (Wildman–Crippen MR) is 156 cm³/mol. The van der Waals surface area contributed by atoms with Gasteiger partial charge in [0.15, 0.2) is 23.1 Å².